The number of benzene rings is 1. The number of aromatic carboxylic acids is 1. The SMILES string of the molecule is O=C(NCC1CCCS1)Nc1ccc(O)c(C(=O)O)c1. The van der Waals surface area contributed by atoms with Crippen molar-refractivity contribution in [2.24, 2.45) is 0 Å². The van der Waals surface area contributed by atoms with Gasteiger partial charge in [-0.2, -0.15) is 11.8 Å². The average molecular weight is 296 g/mol. The van der Waals surface area contributed by atoms with Gasteiger partial charge in [-0.15, -0.1) is 0 Å². The molecule has 4 N–H and O–H groups in total. The summed E-state index contributed by atoms with van der Waals surface area (Å²) < 4.78 is 0. The summed E-state index contributed by atoms with van der Waals surface area (Å²) in [5.41, 5.74) is 0.0888. The number of carbonyl (C=O) groups excluding carboxylic acids is 1. The lowest BCUT2D eigenvalue weighted by molar-refractivity contribution is 0.0693. The molecule has 1 fully saturated rings. The lowest BCUT2D eigenvalue weighted by Gasteiger charge is -2.11. The standard InChI is InChI=1S/C13H16N2O4S/c16-11-4-3-8(6-10(11)12(17)18)15-13(19)14-7-9-2-1-5-20-9/h3-4,6,9,16H,1-2,5,7H2,(H,17,18)(H2,14,15,19). The number of carboxylic acid groups (broad SMARTS) is 1. The van der Waals surface area contributed by atoms with Gasteiger partial charge in [0.2, 0.25) is 0 Å². The number of hydrogen-bond donors (Lipinski definition) is 4. The fourth-order valence-electron chi connectivity index (χ4n) is 1.97. The zero-order valence-electron chi connectivity index (χ0n) is 10.8. The highest BCUT2D eigenvalue weighted by molar-refractivity contribution is 8.00. The first-order chi connectivity index (χ1) is 9.56. The van der Waals surface area contributed by atoms with Crippen LogP contribution in [-0.4, -0.2) is 39.8 Å². The molecule has 108 valence electrons. The molecule has 0 spiro atoms. The molecule has 1 aromatic carbocycles. The predicted molar refractivity (Wildman–Crippen MR) is 77.6 cm³/mol. The smallest absolute Gasteiger partial charge is 0.339 e. The maximum atomic E-state index is 11.7. The number of aromatic hydroxyl groups is 1. The summed E-state index contributed by atoms with van der Waals surface area (Å²) in [6, 6.07) is 3.54. The largest absolute Gasteiger partial charge is 0.507 e. The zero-order chi connectivity index (χ0) is 14.5. The van der Waals surface area contributed by atoms with Gasteiger partial charge in [0.15, 0.2) is 0 Å². The molecular formula is C13H16N2O4S. The molecule has 0 saturated carbocycles. The van der Waals surface area contributed by atoms with Gasteiger partial charge in [-0.1, -0.05) is 0 Å². The monoisotopic (exact) mass is 296 g/mol. The van der Waals surface area contributed by atoms with Crippen molar-refractivity contribution in [1.29, 1.82) is 0 Å². The summed E-state index contributed by atoms with van der Waals surface area (Å²) in [7, 11) is 0. The lowest BCUT2D eigenvalue weighted by atomic mass is 10.2. The van der Waals surface area contributed by atoms with Crippen molar-refractivity contribution >= 4 is 29.4 Å². The molecule has 7 heteroatoms. The molecule has 1 atom stereocenters. The van der Waals surface area contributed by atoms with E-state index in [0.717, 1.165) is 12.2 Å². The minimum Gasteiger partial charge on any atom is -0.507 e. The molecule has 1 aliphatic heterocycles. The van der Waals surface area contributed by atoms with Crippen molar-refractivity contribution in [1.82, 2.24) is 5.32 Å². The van der Waals surface area contributed by atoms with Gasteiger partial charge in [0.1, 0.15) is 11.3 Å². The highest BCUT2D eigenvalue weighted by Gasteiger charge is 2.16. The third-order valence-electron chi connectivity index (χ3n) is 3.00. The first-order valence-electron chi connectivity index (χ1n) is 6.29. The lowest BCUT2D eigenvalue weighted by Crippen LogP contribution is -2.33. The van der Waals surface area contributed by atoms with Crippen LogP contribution in [-0.2, 0) is 0 Å². The van der Waals surface area contributed by atoms with Crippen LogP contribution < -0.4 is 10.6 Å². The maximum Gasteiger partial charge on any atom is 0.339 e. The van der Waals surface area contributed by atoms with Crippen LogP contribution in [0.15, 0.2) is 18.2 Å². The summed E-state index contributed by atoms with van der Waals surface area (Å²) in [5, 5.41) is 24.0. The predicted octanol–water partition coefficient (Wildman–Crippen LogP) is 2.11. The quantitative estimate of drug-likeness (QED) is 0.638. The third-order valence-corrected chi connectivity index (χ3v) is 4.40. The number of amides is 2. The van der Waals surface area contributed by atoms with Crippen molar-refractivity contribution in [2.75, 3.05) is 17.6 Å². The molecule has 1 heterocycles. The Morgan fingerprint density at radius 2 is 2.20 bits per heavy atom. The molecule has 2 rings (SSSR count). The van der Waals surface area contributed by atoms with E-state index in [1.54, 1.807) is 0 Å². The summed E-state index contributed by atoms with van der Waals surface area (Å²) >= 11 is 1.85. The Morgan fingerprint density at radius 3 is 2.85 bits per heavy atom. The number of thioether (sulfide) groups is 1. The molecule has 2 amide bonds. The second-order valence-electron chi connectivity index (χ2n) is 4.51. The number of carbonyl (C=O) groups is 2. The summed E-state index contributed by atoms with van der Waals surface area (Å²) in [6.07, 6.45) is 2.28. The Bertz CT molecular complexity index is 515. The van der Waals surface area contributed by atoms with Gasteiger partial charge in [0.25, 0.3) is 0 Å². The van der Waals surface area contributed by atoms with Crippen LogP contribution in [0.25, 0.3) is 0 Å². The maximum absolute atomic E-state index is 11.7. The van der Waals surface area contributed by atoms with E-state index in [2.05, 4.69) is 10.6 Å². The van der Waals surface area contributed by atoms with Gasteiger partial charge in [-0.3, -0.25) is 0 Å². The van der Waals surface area contributed by atoms with Crippen molar-refractivity contribution < 1.29 is 19.8 Å². The fourth-order valence-corrected chi connectivity index (χ4v) is 3.17. The number of urea groups is 1. The Balaban J connectivity index is 1.90. The van der Waals surface area contributed by atoms with Crippen LogP contribution >= 0.6 is 11.8 Å². The zero-order valence-corrected chi connectivity index (χ0v) is 11.6. The number of phenols is 1. The van der Waals surface area contributed by atoms with Gasteiger partial charge < -0.3 is 20.8 Å². The van der Waals surface area contributed by atoms with Crippen molar-refractivity contribution in [3.05, 3.63) is 23.8 Å². The molecule has 0 radical (unpaired) electrons. The molecule has 0 bridgehead atoms. The molecule has 1 aromatic rings. The molecule has 20 heavy (non-hydrogen) atoms. The van der Waals surface area contributed by atoms with Gasteiger partial charge in [0, 0.05) is 17.5 Å². The second-order valence-corrected chi connectivity index (χ2v) is 5.92. The summed E-state index contributed by atoms with van der Waals surface area (Å²) in [5.74, 6) is -0.437. The number of rotatable bonds is 4. The minimum atomic E-state index is -1.24. The summed E-state index contributed by atoms with van der Waals surface area (Å²) in [4.78, 5) is 22.6. The molecular weight excluding hydrogens is 280 g/mol. The van der Waals surface area contributed by atoms with Crippen molar-refractivity contribution in [3.8, 4) is 5.75 Å². The van der Waals surface area contributed by atoms with Gasteiger partial charge in [-0.05, 0) is 36.8 Å². The van der Waals surface area contributed by atoms with Gasteiger partial charge in [-0.25, -0.2) is 9.59 Å². The molecule has 0 aliphatic carbocycles. The van der Waals surface area contributed by atoms with Crippen LogP contribution in [0.3, 0.4) is 0 Å². The molecule has 1 unspecified atom stereocenters. The van der Waals surface area contributed by atoms with Crippen LogP contribution in [0.1, 0.15) is 23.2 Å². The Labute approximate surface area is 120 Å². The van der Waals surface area contributed by atoms with E-state index in [1.165, 1.54) is 24.6 Å². The molecule has 1 saturated heterocycles. The number of nitrogens with one attached hydrogen (secondary N) is 2. The van der Waals surface area contributed by atoms with E-state index in [0.29, 0.717) is 17.5 Å². The Kier molecular flexibility index (Phi) is 4.73. The highest BCUT2D eigenvalue weighted by atomic mass is 32.2. The summed E-state index contributed by atoms with van der Waals surface area (Å²) in [6.45, 7) is 0.598. The first-order valence-corrected chi connectivity index (χ1v) is 7.34. The van der Waals surface area contributed by atoms with Crippen LogP contribution in [0, 0.1) is 0 Å². The fraction of sp³-hybridized carbons (Fsp3) is 0.385. The van der Waals surface area contributed by atoms with Gasteiger partial charge >= 0.3 is 12.0 Å². The first kappa shape index (κ1) is 14.5. The average Bonchev–Trinajstić information content (AvgIpc) is 2.91. The van der Waals surface area contributed by atoms with Crippen LogP contribution in [0.4, 0.5) is 10.5 Å². The number of anilines is 1. The van der Waals surface area contributed by atoms with Crippen molar-refractivity contribution in [2.45, 2.75) is 18.1 Å². The molecule has 0 aromatic heterocycles. The van der Waals surface area contributed by atoms with E-state index in [9.17, 15) is 14.7 Å². The molecule has 1 aliphatic rings. The third kappa shape index (κ3) is 3.80. The van der Waals surface area contributed by atoms with Crippen molar-refractivity contribution in [3.63, 3.8) is 0 Å². The topological polar surface area (TPSA) is 98.7 Å². The van der Waals surface area contributed by atoms with E-state index in [1.807, 2.05) is 11.8 Å². The minimum absolute atomic E-state index is 0.242. The molecule has 6 nitrogen and oxygen atoms in total. The van der Waals surface area contributed by atoms with E-state index >= 15 is 0 Å². The normalized spacial score (nSPS) is 17.7. The van der Waals surface area contributed by atoms with E-state index in [4.69, 9.17) is 5.11 Å². The Hall–Kier alpha value is -1.89. The highest BCUT2D eigenvalue weighted by Crippen LogP contribution is 2.25. The van der Waals surface area contributed by atoms with Crippen LogP contribution in [0.2, 0.25) is 0 Å². The van der Waals surface area contributed by atoms with E-state index in [-0.39, 0.29) is 17.3 Å². The van der Waals surface area contributed by atoms with Crippen LogP contribution in [0.5, 0.6) is 5.75 Å². The number of hydrogen-bond acceptors (Lipinski definition) is 4. The Morgan fingerprint density at radius 1 is 1.40 bits per heavy atom. The number of carboxylic acids is 1. The van der Waals surface area contributed by atoms with E-state index < -0.39 is 5.97 Å². The second kappa shape index (κ2) is 6.51. The van der Waals surface area contributed by atoms with Gasteiger partial charge in [0.05, 0.1) is 0 Å².